The highest BCUT2D eigenvalue weighted by molar-refractivity contribution is 7.89. The Bertz CT molecular complexity index is 1270. The Morgan fingerprint density at radius 3 is 2.22 bits per heavy atom. The Morgan fingerprint density at radius 1 is 0.938 bits per heavy atom. The predicted octanol–water partition coefficient (Wildman–Crippen LogP) is 2.56. The fourth-order valence-corrected chi connectivity index (χ4v) is 5.49. The van der Waals surface area contributed by atoms with Gasteiger partial charge in [0.25, 0.3) is 0 Å². The quantitative estimate of drug-likeness (QED) is 0.549. The van der Waals surface area contributed by atoms with Gasteiger partial charge in [-0.25, -0.2) is 8.42 Å². The number of amides is 2. The maximum atomic E-state index is 13.3. The van der Waals surface area contributed by atoms with Gasteiger partial charge in [-0.2, -0.15) is 4.31 Å². The van der Waals surface area contributed by atoms with Crippen LogP contribution in [-0.4, -0.2) is 48.3 Å². The minimum Gasteiger partial charge on any atom is -0.392 e. The van der Waals surface area contributed by atoms with Gasteiger partial charge in [0, 0.05) is 31.3 Å². The van der Waals surface area contributed by atoms with E-state index >= 15 is 0 Å². The minimum absolute atomic E-state index is 0.00260. The Labute approximate surface area is 185 Å². The lowest BCUT2D eigenvalue weighted by molar-refractivity contribution is -0.119. The van der Waals surface area contributed by atoms with Gasteiger partial charge < -0.3 is 15.7 Å². The molecule has 0 aromatic heterocycles. The average molecular weight is 454 g/mol. The maximum Gasteiger partial charge on any atom is 0.243 e. The highest BCUT2D eigenvalue weighted by Crippen LogP contribution is 2.29. The smallest absolute Gasteiger partial charge is 0.243 e. The van der Waals surface area contributed by atoms with E-state index in [9.17, 15) is 23.1 Å². The first-order valence-electron chi connectivity index (χ1n) is 10.1. The van der Waals surface area contributed by atoms with Crippen LogP contribution in [0.2, 0.25) is 0 Å². The fourth-order valence-electron chi connectivity index (χ4n) is 3.82. The molecule has 0 radical (unpaired) electrons. The number of benzene rings is 3. The Morgan fingerprint density at radius 2 is 1.56 bits per heavy atom. The highest BCUT2D eigenvalue weighted by Gasteiger charge is 2.43. The molecule has 0 aliphatic carbocycles. The van der Waals surface area contributed by atoms with Gasteiger partial charge in [-0.05, 0) is 47.2 Å². The van der Waals surface area contributed by atoms with Crippen molar-refractivity contribution >= 4 is 44.0 Å². The van der Waals surface area contributed by atoms with Gasteiger partial charge in [-0.1, -0.05) is 30.3 Å². The number of rotatable bonds is 5. The molecule has 2 atom stereocenters. The first-order chi connectivity index (χ1) is 15.2. The van der Waals surface area contributed by atoms with Crippen molar-refractivity contribution in [3.63, 3.8) is 0 Å². The van der Waals surface area contributed by atoms with Gasteiger partial charge in [0.15, 0.2) is 0 Å². The lowest BCUT2D eigenvalue weighted by Gasteiger charge is -2.23. The van der Waals surface area contributed by atoms with Crippen molar-refractivity contribution in [1.82, 2.24) is 4.31 Å². The maximum absolute atomic E-state index is 13.3. The summed E-state index contributed by atoms with van der Waals surface area (Å²) >= 11 is 0. The molecule has 4 rings (SSSR count). The zero-order valence-electron chi connectivity index (χ0n) is 17.4. The van der Waals surface area contributed by atoms with Crippen LogP contribution in [0, 0.1) is 0 Å². The van der Waals surface area contributed by atoms with Crippen molar-refractivity contribution in [2.75, 3.05) is 17.2 Å². The van der Waals surface area contributed by atoms with Crippen LogP contribution in [0.5, 0.6) is 0 Å². The number of fused-ring (bicyclic) bond motifs is 1. The van der Waals surface area contributed by atoms with Gasteiger partial charge in [0.2, 0.25) is 21.8 Å². The highest BCUT2D eigenvalue weighted by atomic mass is 32.2. The molecule has 3 aromatic carbocycles. The zero-order valence-corrected chi connectivity index (χ0v) is 18.2. The molecule has 8 nitrogen and oxygen atoms in total. The molecular weight excluding hydrogens is 430 g/mol. The van der Waals surface area contributed by atoms with E-state index in [1.165, 1.54) is 13.0 Å². The summed E-state index contributed by atoms with van der Waals surface area (Å²) in [6, 6.07) is 17.6. The molecular formula is C23H23N3O5S. The van der Waals surface area contributed by atoms with Gasteiger partial charge in [0.1, 0.15) is 6.04 Å². The molecule has 1 aliphatic rings. The lowest BCUT2D eigenvalue weighted by Crippen LogP contribution is -2.43. The summed E-state index contributed by atoms with van der Waals surface area (Å²) < 4.78 is 27.7. The summed E-state index contributed by atoms with van der Waals surface area (Å²) in [5, 5.41) is 17.2. The summed E-state index contributed by atoms with van der Waals surface area (Å²) in [5.74, 6) is -0.741. The van der Waals surface area contributed by atoms with Crippen LogP contribution < -0.4 is 10.6 Å². The predicted molar refractivity (Wildman–Crippen MR) is 122 cm³/mol. The van der Waals surface area contributed by atoms with Crippen molar-refractivity contribution < 1.29 is 23.1 Å². The molecule has 2 amide bonds. The number of nitrogens with zero attached hydrogens (tertiary/aromatic N) is 1. The summed E-state index contributed by atoms with van der Waals surface area (Å²) in [7, 11) is -4.00. The van der Waals surface area contributed by atoms with E-state index in [0.29, 0.717) is 11.4 Å². The van der Waals surface area contributed by atoms with Crippen molar-refractivity contribution in [2.24, 2.45) is 0 Å². The van der Waals surface area contributed by atoms with Crippen LogP contribution in [0.25, 0.3) is 10.8 Å². The van der Waals surface area contributed by atoms with Crippen LogP contribution >= 0.6 is 0 Å². The number of aliphatic hydroxyl groups is 1. The van der Waals surface area contributed by atoms with Crippen molar-refractivity contribution in [3.8, 4) is 0 Å². The van der Waals surface area contributed by atoms with Gasteiger partial charge in [0.05, 0.1) is 11.0 Å². The Kier molecular flexibility index (Phi) is 5.96. The monoisotopic (exact) mass is 453 g/mol. The molecule has 1 heterocycles. The standard InChI is InChI=1S/C23H23N3O5S/c1-15(27)24-18-7-9-19(10-8-18)25-23(29)22-13-20(28)14-26(22)32(30,31)21-11-6-16-4-2-3-5-17(16)12-21/h2-12,20,22,28H,13-14H2,1H3,(H,24,27)(H,25,29)/t20-,22-/m0/s1. The number of hydrogen-bond acceptors (Lipinski definition) is 5. The van der Waals surface area contributed by atoms with Crippen LogP contribution in [0.3, 0.4) is 0 Å². The normalized spacial score (nSPS) is 19.1. The van der Waals surface area contributed by atoms with E-state index in [0.717, 1.165) is 15.1 Å². The van der Waals surface area contributed by atoms with Gasteiger partial charge in [-0.3, -0.25) is 9.59 Å². The van der Waals surface area contributed by atoms with Crippen LogP contribution in [0.15, 0.2) is 71.6 Å². The number of carbonyl (C=O) groups is 2. The molecule has 1 aliphatic heterocycles. The minimum atomic E-state index is -4.00. The molecule has 32 heavy (non-hydrogen) atoms. The molecule has 1 fully saturated rings. The average Bonchev–Trinajstić information content (AvgIpc) is 3.17. The van der Waals surface area contributed by atoms with E-state index < -0.39 is 28.1 Å². The summed E-state index contributed by atoms with van der Waals surface area (Å²) in [6.45, 7) is 1.24. The second kappa shape index (κ2) is 8.70. The first kappa shape index (κ1) is 21.9. The van der Waals surface area contributed by atoms with Crippen LogP contribution in [-0.2, 0) is 19.6 Å². The van der Waals surface area contributed by atoms with Gasteiger partial charge >= 0.3 is 0 Å². The van der Waals surface area contributed by atoms with Crippen molar-refractivity contribution in [1.29, 1.82) is 0 Å². The van der Waals surface area contributed by atoms with E-state index in [2.05, 4.69) is 10.6 Å². The summed E-state index contributed by atoms with van der Waals surface area (Å²) in [6.07, 6.45) is -0.939. The summed E-state index contributed by atoms with van der Waals surface area (Å²) in [5.41, 5.74) is 1.03. The molecule has 9 heteroatoms. The number of anilines is 2. The molecule has 1 saturated heterocycles. The third-order valence-corrected chi connectivity index (χ3v) is 7.21. The largest absolute Gasteiger partial charge is 0.392 e. The van der Waals surface area contributed by atoms with Crippen LogP contribution in [0.1, 0.15) is 13.3 Å². The van der Waals surface area contributed by atoms with Crippen molar-refractivity contribution in [2.45, 2.75) is 30.4 Å². The fraction of sp³-hybridized carbons (Fsp3) is 0.217. The second-order valence-electron chi connectivity index (χ2n) is 7.74. The SMILES string of the molecule is CC(=O)Nc1ccc(NC(=O)[C@@H]2C[C@H](O)CN2S(=O)(=O)c2ccc3ccccc3c2)cc1. The van der Waals surface area contributed by atoms with E-state index in [-0.39, 0.29) is 23.8 Å². The molecule has 0 bridgehead atoms. The number of aliphatic hydroxyl groups excluding tert-OH is 1. The number of carbonyl (C=O) groups excluding carboxylic acids is 2. The molecule has 0 spiro atoms. The van der Waals surface area contributed by atoms with Crippen LogP contribution in [0.4, 0.5) is 11.4 Å². The lowest BCUT2D eigenvalue weighted by atomic mass is 10.1. The van der Waals surface area contributed by atoms with E-state index in [1.807, 2.05) is 24.3 Å². The number of sulfonamides is 1. The Hall–Kier alpha value is -3.27. The zero-order chi connectivity index (χ0) is 22.9. The van der Waals surface area contributed by atoms with Gasteiger partial charge in [-0.15, -0.1) is 0 Å². The summed E-state index contributed by atoms with van der Waals surface area (Å²) in [4.78, 5) is 24.1. The number of nitrogens with one attached hydrogen (secondary N) is 2. The first-order valence-corrected chi connectivity index (χ1v) is 11.6. The second-order valence-corrected chi connectivity index (χ2v) is 9.63. The molecule has 3 aromatic rings. The Balaban J connectivity index is 1.56. The molecule has 0 unspecified atom stereocenters. The van der Waals surface area contributed by atoms with E-state index in [1.54, 1.807) is 36.4 Å². The molecule has 166 valence electrons. The molecule has 0 saturated carbocycles. The van der Waals surface area contributed by atoms with E-state index in [4.69, 9.17) is 0 Å². The number of β-amino-alcohol motifs (C(OH)–C–C–N with tert-alkyl or cyclic N) is 1. The number of hydrogen-bond donors (Lipinski definition) is 3. The third-order valence-electron chi connectivity index (χ3n) is 5.34. The topological polar surface area (TPSA) is 116 Å². The van der Waals surface area contributed by atoms with Crippen molar-refractivity contribution in [3.05, 3.63) is 66.7 Å². The third kappa shape index (κ3) is 4.50. The molecule has 3 N–H and O–H groups in total.